The van der Waals surface area contributed by atoms with Gasteiger partial charge in [-0.2, -0.15) is 0 Å². The van der Waals surface area contributed by atoms with E-state index in [1.54, 1.807) is 4.90 Å². The van der Waals surface area contributed by atoms with E-state index in [-0.39, 0.29) is 18.6 Å². The molecule has 0 aromatic rings. The molecule has 1 saturated carbocycles. The fourth-order valence-corrected chi connectivity index (χ4v) is 3.61. The molecule has 2 aliphatic rings. The topological polar surface area (TPSA) is 66.8 Å². The van der Waals surface area contributed by atoms with Crippen LogP contribution in [0.2, 0.25) is 0 Å². The van der Waals surface area contributed by atoms with Crippen molar-refractivity contribution in [1.82, 2.24) is 4.90 Å². The second-order valence-corrected chi connectivity index (χ2v) is 7.39. The molecule has 1 amide bonds. The third-order valence-electron chi connectivity index (χ3n) is 4.59. The third kappa shape index (κ3) is 4.11. The Kier molecular flexibility index (Phi) is 4.79. The molecule has 0 bridgehead atoms. The molecular weight excluding hydrogens is 270 g/mol. The van der Waals surface area contributed by atoms with Crippen molar-refractivity contribution in [2.75, 3.05) is 13.1 Å². The maximum atomic E-state index is 12.2. The van der Waals surface area contributed by atoms with Crippen molar-refractivity contribution in [3.05, 3.63) is 0 Å². The highest BCUT2D eigenvalue weighted by atomic mass is 16.6. The fraction of sp³-hybridized carbons (Fsp3) is 0.875. The summed E-state index contributed by atoms with van der Waals surface area (Å²) in [5.74, 6) is -0.708. The van der Waals surface area contributed by atoms with Gasteiger partial charge in [0.05, 0.1) is 5.92 Å². The lowest BCUT2D eigenvalue weighted by Crippen LogP contribution is -2.36. The summed E-state index contributed by atoms with van der Waals surface area (Å²) in [7, 11) is 0. The van der Waals surface area contributed by atoms with Crippen molar-refractivity contribution in [3.63, 3.8) is 0 Å². The van der Waals surface area contributed by atoms with Gasteiger partial charge in [-0.1, -0.05) is 32.1 Å². The van der Waals surface area contributed by atoms with E-state index in [1.165, 1.54) is 19.3 Å². The maximum Gasteiger partial charge on any atom is 0.410 e. The Bertz CT molecular complexity index is 396. The number of likely N-dealkylation sites (tertiary alicyclic amines) is 1. The van der Waals surface area contributed by atoms with Crippen LogP contribution in [0.1, 0.15) is 52.9 Å². The van der Waals surface area contributed by atoms with Gasteiger partial charge in [0.15, 0.2) is 0 Å². The first kappa shape index (κ1) is 16.1. The highest BCUT2D eigenvalue weighted by molar-refractivity contribution is 5.74. The molecule has 2 rings (SSSR count). The quantitative estimate of drug-likeness (QED) is 0.850. The minimum atomic E-state index is -0.781. The average molecular weight is 297 g/mol. The van der Waals surface area contributed by atoms with Gasteiger partial charge in [0.1, 0.15) is 5.60 Å². The molecule has 1 saturated heterocycles. The fourth-order valence-electron chi connectivity index (χ4n) is 3.61. The largest absolute Gasteiger partial charge is 0.481 e. The van der Waals surface area contributed by atoms with Gasteiger partial charge in [-0.25, -0.2) is 4.79 Å². The Balaban J connectivity index is 2.04. The maximum absolute atomic E-state index is 12.2. The number of rotatable bonds is 2. The highest BCUT2D eigenvalue weighted by Crippen LogP contribution is 2.38. The second-order valence-electron chi connectivity index (χ2n) is 7.39. The third-order valence-corrected chi connectivity index (χ3v) is 4.59. The van der Waals surface area contributed by atoms with Crippen LogP contribution >= 0.6 is 0 Å². The minimum Gasteiger partial charge on any atom is -0.481 e. The number of nitrogens with zero attached hydrogens (tertiary/aromatic N) is 1. The smallest absolute Gasteiger partial charge is 0.410 e. The van der Waals surface area contributed by atoms with E-state index < -0.39 is 17.5 Å². The number of aliphatic carboxylic acids is 1. The zero-order chi connectivity index (χ0) is 15.6. The van der Waals surface area contributed by atoms with Crippen LogP contribution in [0.25, 0.3) is 0 Å². The van der Waals surface area contributed by atoms with Gasteiger partial charge in [0, 0.05) is 13.1 Å². The Morgan fingerprint density at radius 1 is 1.10 bits per heavy atom. The first-order valence-corrected chi connectivity index (χ1v) is 7.98. The van der Waals surface area contributed by atoms with Crippen molar-refractivity contribution in [3.8, 4) is 0 Å². The summed E-state index contributed by atoms with van der Waals surface area (Å²) in [6.45, 7) is 6.29. The minimum absolute atomic E-state index is 0.0790. The highest BCUT2D eigenvalue weighted by Gasteiger charge is 2.44. The van der Waals surface area contributed by atoms with Crippen LogP contribution < -0.4 is 0 Å². The van der Waals surface area contributed by atoms with Crippen LogP contribution in [-0.2, 0) is 9.53 Å². The molecule has 0 radical (unpaired) electrons. The molecule has 2 atom stereocenters. The molecule has 21 heavy (non-hydrogen) atoms. The Morgan fingerprint density at radius 2 is 1.71 bits per heavy atom. The number of carbonyl (C=O) groups excluding carboxylic acids is 1. The number of carbonyl (C=O) groups is 2. The Labute approximate surface area is 126 Å². The van der Waals surface area contributed by atoms with Crippen LogP contribution in [0, 0.1) is 17.8 Å². The number of carboxylic acid groups (broad SMARTS) is 1. The first-order valence-electron chi connectivity index (χ1n) is 7.98. The number of carboxylic acids is 1. The van der Waals surface area contributed by atoms with Gasteiger partial charge in [-0.05, 0) is 32.6 Å². The number of hydrogen-bond donors (Lipinski definition) is 1. The van der Waals surface area contributed by atoms with Gasteiger partial charge >= 0.3 is 12.1 Å². The van der Waals surface area contributed by atoms with E-state index in [1.807, 2.05) is 20.8 Å². The molecule has 5 heteroatoms. The van der Waals surface area contributed by atoms with Crippen molar-refractivity contribution in [2.45, 2.75) is 58.5 Å². The summed E-state index contributed by atoms with van der Waals surface area (Å²) in [6, 6.07) is 0. The molecule has 0 spiro atoms. The SMILES string of the molecule is CC(C)(C)OC(=O)N1C[C@@H](C(=O)O)[C@H](C2CCCCC2)C1. The van der Waals surface area contributed by atoms with Gasteiger partial charge in [0.25, 0.3) is 0 Å². The monoisotopic (exact) mass is 297 g/mol. The van der Waals surface area contributed by atoms with Gasteiger partial charge in [0.2, 0.25) is 0 Å². The van der Waals surface area contributed by atoms with Crippen molar-refractivity contribution >= 4 is 12.1 Å². The molecule has 120 valence electrons. The van der Waals surface area contributed by atoms with Crippen LogP contribution in [0.15, 0.2) is 0 Å². The summed E-state index contributed by atoms with van der Waals surface area (Å²) >= 11 is 0. The van der Waals surface area contributed by atoms with Gasteiger partial charge < -0.3 is 14.7 Å². The molecule has 2 fully saturated rings. The summed E-state index contributed by atoms with van der Waals surface area (Å²) in [6.07, 6.45) is 5.41. The zero-order valence-corrected chi connectivity index (χ0v) is 13.3. The van der Waals surface area contributed by atoms with E-state index >= 15 is 0 Å². The molecule has 1 aliphatic carbocycles. The van der Waals surface area contributed by atoms with E-state index in [9.17, 15) is 14.7 Å². The average Bonchev–Trinajstić information content (AvgIpc) is 2.83. The zero-order valence-electron chi connectivity index (χ0n) is 13.3. The lowest BCUT2D eigenvalue weighted by molar-refractivity contribution is -0.143. The molecule has 0 aromatic carbocycles. The standard InChI is InChI=1S/C16H27NO4/c1-16(2,3)21-15(20)17-9-12(13(10-17)14(18)19)11-7-5-4-6-8-11/h11-13H,4-10H2,1-3H3,(H,18,19)/t12-,13+/m0/s1. The molecule has 5 nitrogen and oxygen atoms in total. The number of ether oxygens (including phenoxy) is 1. The number of amides is 1. The summed E-state index contributed by atoms with van der Waals surface area (Å²) in [5.41, 5.74) is -0.543. The van der Waals surface area contributed by atoms with Gasteiger partial charge in [-0.3, -0.25) is 4.79 Å². The lowest BCUT2D eigenvalue weighted by atomic mass is 9.75. The second kappa shape index (κ2) is 6.24. The van der Waals surface area contributed by atoms with Crippen molar-refractivity contribution in [1.29, 1.82) is 0 Å². The summed E-state index contributed by atoms with van der Waals surface area (Å²) in [5, 5.41) is 9.47. The van der Waals surface area contributed by atoms with Crippen LogP contribution in [0.4, 0.5) is 4.79 Å². The van der Waals surface area contributed by atoms with E-state index in [4.69, 9.17) is 4.74 Å². The Hall–Kier alpha value is -1.26. The summed E-state index contributed by atoms with van der Waals surface area (Å²) < 4.78 is 5.38. The van der Waals surface area contributed by atoms with E-state index in [0.29, 0.717) is 12.5 Å². The van der Waals surface area contributed by atoms with E-state index in [2.05, 4.69) is 0 Å². The van der Waals surface area contributed by atoms with Crippen LogP contribution in [0.5, 0.6) is 0 Å². The number of hydrogen-bond acceptors (Lipinski definition) is 3. The van der Waals surface area contributed by atoms with Gasteiger partial charge in [-0.15, -0.1) is 0 Å². The summed E-state index contributed by atoms with van der Waals surface area (Å²) in [4.78, 5) is 25.3. The normalized spacial score (nSPS) is 27.7. The van der Waals surface area contributed by atoms with Crippen molar-refractivity contribution < 1.29 is 19.4 Å². The van der Waals surface area contributed by atoms with E-state index in [0.717, 1.165) is 12.8 Å². The molecule has 1 N–H and O–H groups in total. The molecule has 0 unspecified atom stereocenters. The van der Waals surface area contributed by atoms with Crippen LogP contribution in [-0.4, -0.2) is 40.8 Å². The predicted octanol–water partition coefficient (Wildman–Crippen LogP) is 3.13. The molecule has 1 aliphatic heterocycles. The Morgan fingerprint density at radius 3 is 2.24 bits per heavy atom. The molecule has 0 aromatic heterocycles. The lowest BCUT2D eigenvalue weighted by Gasteiger charge is -2.29. The van der Waals surface area contributed by atoms with Crippen molar-refractivity contribution in [2.24, 2.45) is 17.8 Å². The molecule has 1 heterocycles. The first-order chi connectivity index (χ1) is 9.78. The molecular formula is C16H27NO4. The predicted molar refractivity (Wildman–Crippen MR) is 79.0 cm³/mol. The van der Waals surface area contributed by atoms with Crippen LogP contribution in [0.3, 0.4) is 0 Å².